The first-order valence-corrected chi connectivity index (χ1v) is 8.33. The normalized spacial score (nSPS) is 14.4. The minimum atomic E-state index is -0.931. The number of ether oxygens (including phenoxy) is 1. The summed E-state index contributed by atoms with van der Waals surface area (Å²) in [5, 5.41) is 11.3. The van der Waals surface area contributed by atoms with Gasteiger partial charge in [0.2, 0.25) is 0 Å². The summed E-state index contributed by atoms with van der Waals surface area (Å²) >= 11 is 6.31. The molecule has 0 N–H and O–H groups in total. The number of rotatable bonds is 4. The van der Waals surface area contributed by atoms with Crippen molar-refractivity contribution >= 4 is 17.3 Å². The third-order valence-corrected chi connectivity index (χ3v) is 4.60. The molecule has 1 atom stereocenters. The topological polar surface area (TPSA) is 79.3 Å². The summed E-state index contributed by atoms with van der Waals surface area (Å²) in [7, 11) is 0. The van der Waals surface area contributed by atoms with E-state index in [1.165, 1.54) is 11.6 Å². The zero-order chi connectivity index (χ0) is 19.0. The molecule has 7 nitrogen and oxygen atoms in total. The Balaban J connectivity index is 2.22. The van der Waals surface area contributed by atoms with Crippen LogP contribution < -0.4 is 10.3 Å². The Hall–Kier alpha value is -2.79. The van der Waals surface area contributed by atoms with Gasteiger partial charge in [-0.2, -0.15) is 0 Å². The van der Waals surface area contributed by atoms with Gasteiger partial charge in [-0.3, -0.25) is 19.6 Å². The number of benzene rings is 1. The fraction of sp³-hybridized carbons (Fsp3) is 0.353. The first-order valence-electron chi connectivity index (χ1n) is 7.95. The zero-order valence-corrected chi connectivity index (χ0v) is 14.6. The SMILES string of the molecule is C#CC(C)Oc1cc(-c2c(Cl)n3n(c2=O)CCCC3)c(F)cc1[N+](=O)[O-]. The highest BCUT2D eigenvalue weighted by Gasteiger charge is 2.28. The molecule has 0 amide bonds. The molecule has 0 aliphatic carbocycles. The fourth-order valence-electron chi connectivity index (χ4n) is 2.95. The van der Waals surface area contributed by atoms with Crippen LogP contribution in [0, 0.1) is 28.3 Å². The molecule has 0 saturated heterocycles. The lowest BCUT2D eigenvalue weighted by Gasteiger charge is -2.17. The van der Waals surface area contributed by atoms with Crippen LogP contribution in [0.4, 0.5) is 10.1 Å². The number of terminal acetylenes is 1. The monoisotopic (exact) mass is 379 g/mol. The van der Waals surface area contributed by atoms with E-state index in [4.69, 9.17) is 22.8 Å². The first kappa shape index (κ1) is 18.0. The number of nitrogens with zero attached hydrogens (tertiary/aromatic N) is 3. The molecule has 1 aliphatic rings. The van der Waals surface area contributed by atoms with Crippen LogP contribution in [0.5, 0.6) is 5.75 Å². The van der Waals surface area contributed by atoms with Crippen molar-refractivity contribution in [2.45, 2.75) is 39.0 Å². The molecule has 3 rings (SSSR count). The van der Waals surface area contributed by atoms with E-state index in [9.17, 15) is 19.3 Å². The van der Waals surface area contributed by atoms with Crippen molar-refractivity contribution in [3.8, 4) is 29.2 Å². The smallest absolute Gasteiger partial charge is 0.313 e. The maximum Gasteiger partial charge on any atom is 0.313 e. The average Bonchev–Trinajstić information content (AvgIpc) is 2.87. The number of fused-ring (bicyclic) bond motifs is 1. The van der Waals surface area contributed by atoms with Gasteiger partial charge >= 0.3 is 5.69 Å². The molecule has 26 heavy (non-hydrogen) atoms. The van der Waals surface area contributed by atoms with Crippen LogP contribution in [-0.2, 0) is 13.1 Å². The summed E-state index contributed by atoms with van der Waals surface area (Å²) in [4.78, 5) is 23.1. The van der Waals surface area contributed by atoms with Gasteiger partial charge in [-0.05, 0) is 25.8 Å². The van der Waals surface area contributed by atoms with E-state index < -0.39 is 28.1 Å². The largest absolute Gasteiger partial charge is 0.471 e. The van der Waals surface area contributed by atoms with E-state index in [0.717, 1.165) is 18.9 Å². The predicted octanol–water partition coefficient (Wildman–Crippen LogP) is 3.21. The predicted molar refractivity (Wildman–Crippen MR) is 93.9 cm³/mol. The van der Waals surface area contributed by atoms with Crippen molar-refractivity contribution < 1.29 is 14.1 Å². The van der Waals surface area contributed by atoms with Crippen LogP contribution in [0.3, 0.4) is 0 Å². The Bertz CT molecular complexity index is 989. The van der Waals surface area contributed by atoms with Gasteiger partial charge in [0, 0.05) is 18.7 Å². The molecule has 1 aromatic carbocycles. The Morgan fingerprint density at radius 3 is 2.62 bits per heavy atom. The van der Waals surface area contributed by atoms with Crippen molar-refractivity contribution in [3.05, 3.63) is 43.6 Å². The van der Waals surface area contributed by atoms with Crippen LogP contribution in [0.1, 0.15) is 19.8 Å². The molecule has 136 valence electrons. The van der Waals surface area contributed by atoms with Crippen LogP contribution in [-0.4, -0.2) is 20.4 Å². The van der Waals surface area contributed by atoms with Gasteiger partial charge in [0.05, 0.1) is 16.6 Å². The Labute approximate surface area is 153 Å². The minimum absolute atomic E-state index is 0.0424. The number of nitro groups is 1. The van der Waals surface area contributed by atoms with E-state index in [2.05, 4.69) is 5.92 Å². The van der Waals surface area contributed by atoms with Crippen molar-refractivity contribution in [2.24, 2.45) is 0 Å². The van der Waals surface area contributed by atoms with Crippen molar-refractivity contribution in [2.75, 3.05) is 0 Å². The maximum atomic E-state index is 14.6. The molecule has 1 aromatic heterocycles. The maximum absolute atomic E-state index is 14.6. The van der Waals surface area contributed by atoms with Crippen LogP contribution in [0.25, 0.3) is 11.1 Å². The molecule has 0 spiro atoms. The van der Waals surface area contributed by atoms with E-state index in [1.807, 2.05) is 0 Å². The van der Waals surface area contributed by atoms with Crippen molar-refractivity contribution in [1.29, 1.82) is 0 Å². The summed E-state index contributed by atoms with van der Waals surface area (Å²) < 4.78 is 23.0. The van der Waals surface area contributed by atoms with E-state index in [1.54, 1.807) is 4.68 Å². The quantitative estimate of drug-likeness (QED) is 0.464. The molecule has 0 radical (unpaired) electrons. The second-order valence-electron chi connectivity index (χ2n) is 5.91. The van der Waals surface area contributed by atoms with E-state index in [0.29, 0.717) is 19.2 Å². The number of halogens is 2. The molecule has 0 bridgehead atoms. The molecule has 2 heterocycles. The van der Waals surface area contributed by atoms with Crippen molar-refractivity contribution in [3.63, 3.8) is 0 Å². The average molecular weight is 380 g/mol. The Morgan fingerprint density at radius 2 is 2.04 bits per heavy atom. The summed E-state index contributed by atoms with van der Waals surface area (Å²) in [5.74, 6) is 1.13. The van der Waals surface area contributed by atoms with Gasteiger partial charge < -0.3 is 4.74 Å². The summed E-state index contributed by atoms with van der Waals surface area (Å²) in [6.45, 7) is 2.54. The molecule has 9 heteroatoms. The highest BCUT2D eigenvalue weighted by atomic mass is 35.5. The second kappa shape index (κ2) is 6.84. The Morgan fingerprint density at radius 1 is 1.38 bits per heavy atom. The van der Waals surface area contributed by atoms with E-state index >= 15 is 0 Å². The number of aromatic nitrogens is 2. The second-order valence-corrected chi connectivity index (χ2v) is 6.27. The van der Waals surface area contributed by atoms with Gasteiger partial charge in [-0.25, -0.2) is 9.07 Å². The van der Waals surface area contributed by atoms with Gasteiger partial charge in [0.25, 0.3) is 5.56 Å². The molecule has 2 aromatic rings. The number of hydrogen-bond acceptors (Lipinski definition) is 4. The molecule has 0 saturated carbocycles. The third kappa shape index (κ3) is 2.95. The highest BCUT2D eigenvalue weighted by Crippen LogP contribution is 2.37. The molecule has 1 unspecified atom stereocenters. The lowest BCUT2D eigenvalue weighted by molar-refractivity contribution is -0.386. The molecule has 1 aliphatic heterocycles. The van der Waals surface area contributed by atoms with Crippen molar-refractivity contribution in [1.82, 2.24) is 9.36 Å². The fourth-order valence-corrected chi connectivity index (χ4v) is 3.31. The molecular formula is C17H15ClFN3O4. The minimum Gasteiger partial charge on any atom is -0.471 e. The van der Waals surface area contributed by atoms with Gasteiger partial charge in [0.1, 0.15) is 11.0 Å². The Kier molecular flexibility index (Phi) is 4.74. The van der Waals surface area contributed by atoms with Gasteiger partial charge in [-0.15, -0.1) is 6.42 Å². The number of nitro benzene ring substituents is 1. The number of hydrogen-bond donors (Lipinski definition) is 0. The standard InChI is InChI=1S/C17H15ClFN3O4/c1-3-10(2)26-14-8-11(12(19)9-13(14)22(24)25)15-16(18)20-6-4-5-7-21(20)17(15)23/h1,8-10H,4-7H2,2H3. The van der Waals surface area contributed by atoms with Crippen LogP contribution in [0.2, 0.25) is 5.15 Å². The third-order valence-electron chi connectivity index (χ3n) is 4.22. The zero-order valence-electron chi connectivity index (χ0n) is 13.9. The highest BCUT2D eigenvalue weighted by molar-refractivity contribution is 6.32. The molecule has 0 fully saturated rings. The lowest BCUT2D eigenvalue weighted by atomic mass is 10.1. The first-order chi connectivity index (χ1) is 12.3. The lowest BCUT2D eigenvalue weighted by Crippen LogP contribution is -2.27. The van der Waals surface area contributed by atoms with Crippen LogP contribution in [0.15, 0.2) is 16.9 Å². The van der Waals surface area contributed by atoms with Crippen LogP contribution >= 0.6 is 11.6 Å². The van der Waals surface area contributed by atoms with Gasteiger partial charge in [-0.1, -0.05) is 17.5 Å². The van der Waals surface area contributed by atoms with Gasteiger partial charge in [0.15, 0.2) is 11.9 Å². The molecular weight excluding hydrogens is 365 g/mol. The summed E-state index contributed by atoms with van der Waals surface area (Å²) in [6.07, 6.45) is 6.14. The van der Waals surface area contributed by atoms with E-state index in [-0.39, 0.29) is 22.0 Å². The summed E-state index contributed by atoms with van der Waals surface area (Å²) in [5.41, 5.74) is -1.22. The summed E-state index contributed by atoms with van der Waals surface area (Å²) in [6, 6.07) is 1.82.